The van der Waals surface area contributed by atoms with Crippen molar-refractivity contribution in [3.05, 3.63) is 0 Å². The van der Waals surface area contributed by atoms with Crippen molar-refractivity contribution in [2.24, 2.45) is 11.8 Å². The Hall–Kier alpha value is -1.26. The number of rotatable bonds is 7. The van der Waals surface area contributed by atoms with E-state index in [-0.39, 0.29) is 12.5 Å². The Morgan fingerprint density at radius 1 is 1.47 bits per heavy atom. The summed E-state index contributed by atoms with van der Waals surface area (Å²) in [6.07, 6.45) is 3.17. The Morgan fingerprint density at radius 3 is 2.65 bits per heavy atom. The van der Waals surface area contributed by atoms with Gasteiger partial charge in [-0.05, 0) is 31.1 Å². The molecular formula is C12H22N2O3. The maximum atomic E-state index is 11.6. The van der Waals surface area contributed by atoms with Gasteiger partial charge in [-0.25, -0.2) is 4.79 Å². The van der Waals surface area contributed by atoms with Gasteiger partial charge in [-0.2, -0.15) is 0 Å². The highest BCUT2D eigenvalue weighted by Gasteiger charge is 2.28. The van der Waals surface area contributed by atoms with Crippen molar-refractivity contribution in [3.8, 4) is 0 Å². The van der Waals surface area contributed by atoms with Crippen molar-refractivity contribution < 1.29 is 14.7 Å². The summed E-state index contributed by atoms with van der Waals surface area (Å²) in [6, 6.07) is -0.108. The number of amides is 2. The van der Waals surface area contributed by atoms with Gasteiger partial charge in [0, 0.05) is 26.6 Å². The molecule has 1 aliphatic carbocycles. The van der Waals surface area contributed by atoms with Crippen molar-refractivity contribution in [1.82, 2.24) is 10.2 Å². The number of hydrogen-bond donors (Lipinski definition) is 2. The second-order valence-corrected chi connectivity index (χ2v) is 4.92. The van der Waals surface area contributed by atoms with Crippen LogP contribution in [0.3, 0.4) is 0 Å². The molecule has 1 saturated carbocycles. The molecule has 2 amide bonds. The summed E-state index contributed by atoms with van der Waals surface area (Å²) in [4.78, 5) is 23.5. The molecule has 2 N–H and O–H groups in total. The van der Waals surface area contributed by atoms with Gasteiger partial charge >= 0.3 is 12.0 Å². The van der Waals surface area contributed by atoms with Crippen molar-refractivity contribution in [2.45, 2.75) is 32.6 Å². The first-order valence-electron chi connectivity index (χ1n) is 6.21. The predicted molar refractivity (Wildman–Crippen MR) is 64.8 cm³/mol. The molecule has 5 heteroatoms. The lowest BCUT2D eigenvalue weighted by atomic mass is 10.1. The normalized spacial score (nSPS) is 16.4. The van der Waals surface area contributed by atoms with Gasteiger partial charge in [-0.1, -0.05) is 6.92 Å². The highest BCUT2D eigenvalue weighted by atomic mass is 16.4. The van der Waals surface area contributed by atoms with Crippen LogP contribution in [0.25, 0.3) is 0 Å². The Labute approximate surface area is 102 Å². The number of carboxylic acids is 1. The smallest absolute Gasteiger partial charge is 0.317 e. The molecule has 1 rings (SSSR count). The SMILES string of the molecule is CC(CNC(=O)N(C)CCCC(=O)O)C1CC1. The molecule has 0 heterocycles. The maximum absolute atomic E-state index is 11.6. The van der Waals surface area contributed by atoms with E-state index in [9.17, 15) is 9.59 Å². The van der Waals surface area contributed by atoms with Crippen LogP contribution in [0.1, 0.15) is 32.6 Å². The molecule has 0 spiro atoms. The predicted octanol–water partition coefficient (Wildman–Crippen LogP) is 1.54. The number of carbonyl (C=O) groups is 2. The zero-order valence-electron chi connectivity index (χ0n) is 10.6. The van der Waals surface area contributed by atoms with E-state index in [0.29, 0.717) is 25.4 Å². The molecule has 1 unspecified atom stereocenters. The van der Waals surface area contributed by atoms with Crippen LogP contribution in [0.15, 0.2) is 0 Å². The summed E-state index contributed by atoms with van der Waals surface area (Å²) in [5.41, 5.74) is 0. The lowest BCUT2D eigenvalue weighted by molar-refractivity contribution is -0.137. The van der Waals surface area contributed by atoms with Gasteiger partial charge in [0.05, 0.1) is 0 Å². The number of hydrogen-bond acceptors (Lipinski definition) is 2. The zero-order chi connectivity index (χ0) is 12.8. The van der Waals surface area contributed by atoms with E-state index in [1.807, 2.05) is 0 Å². The van der Waals surface area contributed by atoms with Crippen molar-refractivity contribution in [2.75, 3.05) is 20.1 Å². The fourth-order valence-electron chi connectivity index (χ4n) is 1.78. The Morgan fingerprint density at radius 2 is 2.12 bits per heavy atom. The number of urea groups is 1. The molecule has 17 heavy (non-hydrogen) atoms. The highest BCUT2D eigenvalue weighted by Crippen LogP contribution is 2.36. The molecule has 5 nitrogen and oxygen atoms in total. The number of aliphatic carboxylic acids is 1. The van der Waals surface area contributed by atoms with Crippen LogP contribution >= 0.6 is 0 Å². The Kier molecular flexibility index (Phi) is 5.25. The summed E-state index contributed by atoms with van der Waals surface area (Å²) in [7, 11) is 1.69. The monoisotopic (exact) mass is 242 g/mol. The van der Waals surface area contributed by atoms with Crippen molar-refractivity contribution >= 4 is 12.0 Å². The van der Waals surface area contributed by atoms with Crippen LogP contribution in [-0.4, -0.2) is 42.1 Å². The van der Waals surface area contributed by atoms with Gasteiger partial charge in [0.25, 0.3) is 0 Å². The minimum atomic E-state index is -0.818. The molecule has 0 radical (unpaired) electrons. The summed E-state index contributed by atoms with van der Waals surface area (Å²) < 4.78 is 0. The van der Waals surface area contributed by atoms with E-state index in [1.54, 1.807) is 11.9 Å². The molecule has 0 bridgehead atoms. The third-order valence-corrected chi connectivity index (χ3v) is 3.23. The fraction of sp³-hybridized carbons (Fsp3) is 0.833. The van der Waals surface area contributed by atoms with E-state index in [4.69, 9.17) is 5.11 Å². The number of carboxylic acid groups (broad SMARTS) is 1. The topological polar surface area (TPSA) is 69.6 Å². The first-order valence-corrected chi connectivity index (χ1v) is 6.21. The third kappa shape index (κ3) is 5.56. The summed E-state index contributed by atoms with van der Waals surface area (Å²) >= 11 is 0. The van der Waals surface area contributed by atoms with Crippen molar-refractivity contribution in [3.63, 3.8) is 0 Å². The lowest BCUT2D eigenvalue weighted by Gasteiger charge is -2.19. The molecular weight excluding hydrogens is 220 g/mol. The van der Waals surface area contributed by atoms with Crippen molar-refractivity contribution in [1.29, 1.82) is 0 Å². The molecule has 0 aliphatic heterocycles. The number of nitrogens with zero attached hydrogens (tertiary/aromatic N) is 1. The molecule has 0 aromatic heterocycles. The molecule has 0 saturated heterocycles. The van der Waals surface area contributed by atoms with Gasteiger partial charge in [0.15, 0.2) is 0 Å². The quantitative estimate of drug-likeness (QED) is 0.711. The van der Waals surface area contributed by atoms with Gasteiger partial charge < -0.3 is 15.3 Å². The van der Waals surface area contributed by atoms with E-state index in [0.717, 1.165) is 5.92 Å². The van der Waals surface area contributed by atoms with Crippen LogP contribution in [-0.2, 0) is 4.79 Å². The number of carbonyl (C=O) groups excluding carboxylic acids is 1. The summed E-state index contributed by atoms with van der Waals surface area (Å²) in [5, 5.41) is 11.4. The minimum absolute atomic E-state index is 0.107. The average molecular weight is 242 g/mol. The standard InChI is InChI=1S/C12H22N2O3/c1-9(10-5-6-10)8-13-12(17)14(2)7-3-4-11(15)16/h9-10H,3-8H2,1-2H3,(H,13,17)(H,15,16). The second-order valence-electron chi connectivity index (χ2n) is 4.92. The maximum Gasteiger partial charge on any atom is 0.317 e. The Balaban J connectivity index is 2.10. The molecule has 0 aromatic carbocycles. The van der Waals surface area contributed by atoms with Crippen LogP contribution in [0.4, 0.5) is 4.79 Å². The van der Waals surface area contributed by atoms with E-state index >= 15 is 0 Å². The average Bonchev–Trinajstić information content (AvgIpc) is 3.08. The van der Waals surface area contributed by atoms with Gasteiger partial charge in [-0.3, -0.25) is 4.79 Å². The third-order valence-electron chi connectivity index (χ3n) is 3.23. The first-order chi connectivity index (χ1) is 8.00. The van der Waals surface area contributed by atoms with E-state index < -0.39 is 5.97 Å². The minimum Gasteiger partial charge on any atom is -0.481 e. The molecule has 1 aliphatic rings. The molecule has 98 valence electrons. The van der Waals surface area contributed by atoms with Gasteiger partial charge in [0.2, 0.25) is 0 Å². The largest absolute Gasteiger partial charge is 0.481 e. The number of nitrogens with one attached hydrogen (secondary N) is 1. The van der Waals surface area contributed by atoms with Crippen LogP contribution in [0.5, 0.6) is 0 Å². The first kappa shape index (κ1) is 13.8. The summed E-state index contributed by atoms with van der Waals surface area (Å²) in [6.45, 7) is 3.35. The van der Waals surface area contributed by atoms with E-state index in [2.05, 4.69) is 12.2 Å². The fourth-order valence-corrected chi connectivity index (χ4v) is 1.78. The van der Waals surface area contributed by atoms with Gasteiger partial charge in [-0.15, -0.1) is 0 Å². The molecule has 1 atom stereocenters. The van der Waals surface area contributed by atoms with Gasteiger partial charge in [0.1, 0.15) is 0 Å². The lowest BCUT2D eigenvalue weighted by Crippen LogP contribution is -2.40. The second kappa shape index (κ2) is 6.47. The van der Waals surface area contributed by atoms with Crippen LogP contribution < -0.4 is 5.32 Å². The highest BCUT2D eigenvalue weighted by molar-refractivity contribution is 5.73. The van der Waals surface area contributed by atoms with Crippen LogP contribution in [0, 0.1) is 11.8 Å². The van der Waals surface area contributed by atoms with E-state index in [1.165, 1.54) is 12.8 Å². The summed E-state index contributed by atoms with van der Waals surface area (Å²) in [5.74, 6) is 0.514. The Bertz CT molecular complexity index is 277. The molecule has 1 fully saturated rings. The zero-order valence-corrected chi connectivity index (χ0v) is 10.6. The molecule has 0 aromatic rings. The van der Waals surface area contributed by atoms with Crippen LogP contribution in [0.2, 0.25) is 0 Å².